The van der Waals surface area contributed by atoms with E-state index < -0.39 is 0 Å². The highest BCUT2D eigenvalue weighted by Crippen LogP contribution is 2.29. The highest BCUT2D eigenvalue weighted by molar-refractivity contribution is 7.99. The highest BCUT2D eigenvalue weighted by atomic mass is 32.2. The van der Waals surface area contributed by atoms with Gasteiger partial charge in [0.1, 0.15) is 11.6 Å². The number of urea groups is 1. The molecule has 1 aliphatic rings. The predicted octanol–water partition coefficient (Wildman–Crippen LogP) is 2.63. The SMILES string of the molecule is CCSCCCNC(=O)NCc1cc(F)cc2c1OCOC2. The van der Waals surface area contributed by atoms with Crippen molar-refractivity contribution in [3.05, 3.63) is 29.1 Å². The van der Waals surface area contributed by atoms with E-state index in [9.17, 15) is 9.18 Å². The molecule has 0 aromatic heterocycles. The number of halogens is 1. The van der Waals surface area contributed by atoms with Crippen molar-refractivity contribution in [2.75, 3.05) is 24.8 Å². The van der Waals surface area contributed by atoms with Crippen molar-refractivity contribution in [1.29, 1.82) is 0 Å². The van der Waals surface area contributed by atoms with Crippen LogP contribution in [-0.2, 0) is 17.9 Å². The number of benzene rings is 1. The normalized spacial score (nSPS) is 13.2. The van der Waals surface area contributed by atoms with Crippen molar-refractivity contribution in [1.82, 2.24) is 10.6 Å². The number of hydrogen-bond acceptors (Lipinski definition) is 4. The van der Waals surface area contributed by atoms with Gasteiger partial charge >= 0.3 is 6.03 Å². The standard InChI is InChI=1S/C15H21FN2O3S/c1-2-22-5-3-4-17-15(19)18-8-11-6-13(16)7-12-9-20-10-21-14(11)12/h6-7H,2-5,8-10H2,1H3,(H2,17,18,19). The Labute approximate surface area is 133 Å². The zero-order valence-electron chi connectivity index (χ0n) is 12.6. The Morgan fingerprint density at radius 3 is 3.09 bits per heavy atom. The second-order valence-electron chi connectivity index (χ2n) is 4.82. The largest absolute Gasteiger partial charge is 0.467 e. The van der Waals surface area contributed by atoms with E-state index in [-0.39, 0.29) is 25.2 Å². The van der Waals surface area contributed by atoms with Crippen LogP contribution < -0.4 is 15.4 Å². The summed E-state index contributed by atoms with van der Waals surface area (Å²) < 4.78 is 24.1. The van der Waals surface area contributed by atoms with Crippen molar-refractivity contribution in [3.63, 3.8) is 0 Å². The Kier molecular flexibility index (Phi) is 6.79. The zero-order chi connectivity index (χ0) is 15.8. The summed E-state index contributed by atoms with van der Waals surface area (Å²) in [4.78, 5) is 11.7. The van der Waals surface area contributed by atoms with E-state index in [4.69, 9.17) is 9.47 Å². The molecule has 0 atom stereocenters. The molecule has 7 heteroatoms. The minimum absolute atomic E-state index is 0.146. The van der Waals surface area contributed by atoms with Crippen LogP contribution in [0.4, 0.5) is 9.18 Å². The van der Waals surface area contributed by atoms with E-state index in [1.54, 1.807) is 0 Å². The van der Waals surface area contributed by atoms with Crippen LogP contribution >= 0.6 is 11.8 Å². The summed E-state index contributed by atoms with van der Waals surface area (Å²) in [5, 5.41) is 5.51. The maximum Gasteiger partial charge on any atom is 0.315 e. The van der Waals surface area contributed by atoms with Crippen LogP contribution in [0.25, 0.3) is 0 Å². The molecule has 0 unspecified atom stereocenters. The summed E-state index contributed by atoms with van der Waals surface area (Å²) >= 11 is 1.85. The fourth-order valence-corrected chi connectivity index (χ4v) is 2.78. The number of thioether (sulfide) groups is 1. The highest BCUT2D eigenvalue weighted by Gasteiger charge is 2.17. The minimum Gasteiger partial charge on any atom is -0.467 e. The van der Waals surface area contributed by atoms with Gasteiger partial charge in [0.25, 0.3) is 0 Å². The van der Waals surface area contributed by atoms with E-state index in [0.29, 0.717) is 30.0 Å². The number of amides is 2. The molecular formula is C15H21FN2O3S. The first kappa shape index (κ1) is 16.9. The van der Waals surface area contributed by atoms with E-state index in [1.807, 2.05) is 11.8 Å². The van der Waals surface area contributed by atoms with Gasteiger partial charge in [-0.25, -0.2) is 9.18 Å². The topological polar surface area (TPSA) is 59.6 Å². The van der Waals surface area contributed by atoms with Gasteiger partial charge in [0.2, 0.25) is 0 Å². The molecule has 0 aliphatic carbocycles. The van der Waals surface area contributed by atoms with Gasteiger partial charge in [-0.3, -0.25) is 0 Å². The van der Waals surface area contributed by atoms with Gasteiger partial charge in [0, 0.05) is 24.2 Å². The zero-order valence-corrected chi connectivity index (χ0v) is 13.4. The Bertz CT molecular complexity index is 514. The minimum atomic E-state index is -0.360. The third-order valence-electron chi connectivity index (χ3n) is 3.15. The van der Waals surface area contributed by atoms with Crippen LogP contribution in [0.1, 0.15) is 24.5 Å². The smallest absolute Gasteiger partial charge is 0.315 e. The van der Waals surface area contributed by atoms with Crippen LogP contribution in [0.15, 0.2) is 12.1 Å². The molecular weight excluding hydrogens is 307 g/mol. The lowest BCUT2D eigenvalue weighted by Crippen LogP contribution is -2.36. The number of fused-ring (bicyclic) bond motifs is 1. The van der Waals surface area contributed by atoms with E-state index in [2.05, 4.69) is 17.6 Å². The van der Waals surface area contributed by atoms with Crippen molar-refractivity contribution in [3.8, 4) is 5.75 Å². The Morgan fingerprint density at radius 1 is 1.41 bits per heavy atom. The van der Waals surface area contributed by atoms with Crippen molar-refractivity contribution in [2.45, 2.75) is 26.5 Å². The number of nitrogens with one attached hydrogen (secondary N) is 2. The van der Waals surface area contributed by atoms with Crippen LogP contribution in [0.5, 0.6) is 5.75 Å². The predicted molar refractivity (Wildman–Crippen MR) is 84.5 cm³/mol. The number of carbonyl (C=O) groups excluding carboxylic acids is 1. The summed E-state index contributed by atoms with van der Waals surface area (Å²) in [6.45, 7) is 3.42. The molecule has 0 saturated heterocycles. The van der Waals surface area contributed by atoms with Gasteiger partial charge < -0.3 is 20.1 Å². The molecule has 22 heavy (non-hydrogen) atoms. The van der Waals surface area contributed by atoms with Gasteiger partial charge in [0.05, 0.1) is 6.61 Å². The summed E-state index contributed by atoms with van der Waals surface area (Å²) in [5.74, 6) is 2.36. The molecule has 1 heterocycles. The summed E-state index contributed by atoms with van der Waals surface area (Å²) in [5.41, 5.74) is 1.29. The lowest BCUT2D eigenvalue weighted by atomic mass is 10.1. The maximum atomic E-state index is 13.6. The quantitative estimate of drug-likeness (QED) is 0.756. The first-order chi connectivity index (χ1) is 10.7. The molecule has 0 bridgehead atoms. The summed E-state index contributed by atoms with van der Waals surface area (Å²) in [7, 11) is 0. The molecule has 1 aromatic rings. The molecule has 2 rings (SSSR count). The average Bonchev–Trinajstić information content (AvgIpc) is 2.52. The lowest BCUT2D eigenvalue weighted by molar-refractivity contribution is -0.0173. The summed E-state index contributed by atoms with van der Waals surface area (Å²) in [6, 6.07) is 2.51. The van der Waals surface area contributed by atoms with Crippen LogP contribution in [-0.4, -0.2) is 30.9 Å². The fourth-order valence-electron chi connectivity index (χ4n) is 2.15. The van der Waals surface area contributed by atoms with Gasteiger partial charge in [-0.1, -0.05) is 6.92 Å². The molecule has 0 fully saturated rings. The van der Waals surface area contributed by atoms with Crippen LogP contribution in [0.2, 0.25) is 0 Å². The third-order valence-corrected chi connectivity index (χ3v) is 4.13. The van der Waals surface area contributed by atoms with E-state index in [0.717, 1.165) is 17.9 Å². The number of hydrogen-bond donors (Lipinski definition) is 2. The molecule has 0 saturated carbocycles. The molecule has 1 aliphatic heterocycles. The molecule has 122 valence electrons. The van der Waals surface area contributed by atoms with Crippen molar-refractivity contribution in [2.24, 2.45) is 0 Å². The third kappa shape index (κ3) is 5.06. The van der Waals surface area contributed by atoms with Crippen LogP contribution in [0.3, 0.4) is 0 Å². The van der Waals surface area contributed by atoms with Gasteiger partial charge in [-0.2, -0.15) is 11.8 Å². The molecule has 2 N–H and O–H groups in total. The second kappa shape index (κ2) is 8.85. The Hall–Kier alpha value is -1.47. The molecule has 5 nitrogen and oxygen atoms in total. The lowest BCUT2D eigenvalue weighted by Gasteiger charge is -2.21. The van der Waals surface area contributed by atoms with E-state index in [1.165, 1.54) is 12.1 Å². The monoisotopic (exact) mass is 328 g/mol. The molecule has 1 aromatic carbocycles. The first-order valence-electron chi connectivity index (χ1n) is 7.32. The Balaban J connectivity index is 1.81. The second-order valence-corrected chi connectivity index (χ2v) is 6.22. The molecule has 0 spiro atoms. The fraction of sp³-hybridized carbons (Fsp3) is 0.533. The van der Waals surface area contributed by atoms with Crippen molar-refractivity contribution < 1.29 is 18.7 Å². The Morgan fingerprint density at radius 2 is 2.27 bits per heavy atom. The summed E-state index contributed by atoms with van der Waals surface area (Å²) in [6.07, 6.45) is 0.932. The van der Waals surface area contributed by atoms with E-state index >= 15 is 0 Å². The number of ether oxygens (including phenoxy) is 2. The van der Waals surface area contributed by atoms with Crippen LogP contribution in [0, 0.1) is 5.82 Å². The molecule has 2 amide bonds. The number of carbonyl (C=O) groups is 1. The van der Waals surface area contributed by atoms with Gasteiger partial charge in [-0.05, 0) is 30.1 Å². The van der Waals surface area contributed by atoms with Gasteiger partial charge in [-0.15, -0.1) is 0 Å². The maximum absolute atomic E-state index is 13.6. The molecule has 0 radical (unpaired) electrons. The first-order valence-corrected chi connectivity index (χ1v) is 8.47. The van der Waals surface area contributed by atoms with Crippen molar-refractivity contribution >= 4 is 17.8 Å². The van der Waals surface area contributed by atoms with Gasteiger partial charge in [0.15, 0.2) is 6.79 Å². The average molecular weight is 328 g/mol. The number of rotatable bonds is 7.